The molecular weight excluding hydrogens is 540 g/mol. The van der Waals surface area contributed by atoms with Crippen molar-refractivity contribution in [1.29, 1.82) is 0 Å². The Labute approximate surface area is 265 Å². The van der Waals surface area contributed by atoms with Crippen LogP contribution in [0.3, 0.4) is 0 Å². The van der Waals surface area contributed by atoms with E-state index in [9.17, 15) is 0 Å². The molecule has 8 rings (SSSR count). The fourth-order valence-electron chi connectivity index (χ4n) is 7.35. The molecule has 0 aromatic heterocycles. The van der Waals surface area contributed by atoms with Crippen molar-refractivity contribution in [2.75, 3.05) is 0 Å². The second kappa shape index (κ2) is 11.1. The van der Waals surface area contributed by atoms with Crippen LogP contribution in [0, 0.1) is 6.92 Å². The summed E-state index contributed by atoms with van der Waals surface area (Å²) in [5.74, 6) is 0.555. The highest BCUT2D eigenvalue weighted by Gasteiger charge is 2.22. The fraction of sp³-hybridized carbons (Fsp3) is 0.111. The zero-order valence-electron chi connectivity index (χ0n) is 26.1. The molecule has 0 aliphatic rings. The Morgan fingerprint density at radius 3 is 0.978 bits per heavy atom. The van der Waals surface area contributed by atoms with Gasteiger partial charge in [-0.1, -0.05) is 165 Å². The highest BCUT2D eigenvalue weighted by molar-refractivity contribution is 6.29. The first-order valence-electron chi connectivity index (χ1n) is 16.2. The van der Waals surface area contributed by atoms with E-state index in [0.717, 1.165) is 6.42 Å². The van der Waals surface area contributed by atoms with Gasteiger partial charge in [0.15, 0.2) is 0 Å². The third-order valence-electron chi connectivity index (χ3n) is 9.83. The van der Waals surface area contributed by atoms with Crippen LogP contribution in [0.25, 0.3) is 76.5 Å². The Bertz CT molecular complexity index is 2240. The topological polar surface area (TPSA) is 0 Å². The van der Waals surface area contributed by atoms with Crippen molar-refractivity contribution in [3.63, 3.8) is 0 Å². The van der Waals surface area contributed by atoms with Crippen LogP contribution in [0.15, 0.2) is 146 Å². The number of hydrogen-bond donors (Lipinski definition) is 0. The highest BCUT2D eigenvalue weighted by atomic mass is 14.2. The van der Waals surface area contributed by atoms with Crippen molar-refractivity contribution in [2.45, 2.75) is 33.1 Å². The fourth-order valence-corrected chi connectivity index (χ4v) is 7.35. The van der Waals surface area contributed by atoms with Crippen molar-refractivity contribution < 1.29 is 0 Å². The van der Waals surface area contributed by atoms with Gasteiger partial charge in [-0.2, -0.15) is 0 Å². The van der Waals surface area contributed by atoms with E-state index in [-0.39, 0.29) is 0 Å². The van der Waals surface area contributed by atoms with Gasteiger partial charge in [-0.15, -0.1) is 0 Å². The van der Waals surface area contributed by atoms with Gasteiger partial charge in [-0.3, -0.25) is 0 Å². The molecule has 0 fully saturated rings. The summed E-state index contributed by atoms with van der Waals surface area (Å²) < 4.78 is 0. The number of rotatable bonds is 5. The van der Waals surface area contributed by atoms with Gasteiger partial charge in [0.25, 0.3) is 0 Å². The molecule has 0 heteroatoms. The molecule has 0 aliphatic carbocycles. The van der Waals surface area contributed by atoms with Crippen LogP contribution in [0.4, 0.5) is 0 Å². The van der Waals surface area contributed by atoms with E-state index < -0.39 is 0 Å². The average molecular weight is 577 g/mol. The van der Waals surface area contributed by atoms with Crippen LogP contribution < -0.4 is 0 Å². The Balaban J connectivity index is 1.52. The van der Waals surface area contributed by atoms with Crippen LogP contribution >= 0.6 is 0 Å². The summed E-state index contributed by atoms with van der Waals surface area (Å²) in [5.41, 5.74) is 10.4. The normalized spacial score (nSPS) is 12.3. The van der Waals surface area contributed by atoms with Crippen LogP contribution in [0.2, 0.25) is 0 Å². The maximum Gasteiger partial charge on any atom is -0.00139 e. The van der Waals surface area contributed by atoms with Gasteiger partial charge in [0.2, 0.25) is 0 Å². The molecule has 45 heavy (non-hydrogen) atoms. The predicted octanol–water partition coefficient (Wildman–Crippen LogP) is 13.1. The lowest BCUT2D eigenvalue weighted by Gasteiger charge is -2.22. The third kappa shape index (κ3) is 4.44. The molecule has 0 heterocycles. The number of fused-ring (bicyclic) bond motifs is 4. The summed E-state index contributed by atoms with van der Waals surface area (Å²) in [6.07, 6.45) is 1.14. The standard InChI is InChI=1S/C45H36/c1-4-30(3)31-25-27-33(28-26-31)43-36-15-7-11-19-40(36)45(41-20-12-8-16-37(41)43)44-38-17-9-5-13-34(38)42(32-23-21-29(2)22-24-32)35-14-6-10-18-39(35)44/h5-28,30H,4H2,1-3H3. The van der Waals surface area contributed by atoms with Gasteiger partial charge >= 0.3 is 0 Å². The predicted molar refractivity (Wildman–Crippen MR) is 196 cm³/mol. The van der Waals surface area contributed by atoms with Crippen LogP contribution in [0.1, 0.15) is 37.3 Å². The molecule has 8 aromatic carbocycles. The van der Waals surface area contributed by atoms with E-state index in [1.165, 1.54) is 87.6 Å². The van der Waals surface area contributed by atoms with E-state index in [2.05, 4.69) is 166 Å². The number of benzene rings is 8. The summed E-state index contributed by atoms with van der Waals surface area (Å²) >= 11 is 0. The lowest BCUT2D eigenvalue weighted by atomic mass is 9.81. The molecule has 0 saturated heterocycles. The Morgan fingerprint density at radius 1 is 0.378 bits per heavy atom. The highest BCUT2D eigenvalue weighted by Crippen LogP contribution is 2.49. The maximum absolute atomic E-state index is 2.33. The minimum absolute atomic E-state index is 0.555. The van der Waals surface area contributed by atoms with Crippen molar-refractivity contribution in [2.24, 2.45) is 0 Å². The molecule has 0 aliphatic heterocycles. The quantitative estimate of drug-likeness (QED) is 0.179. The van der Waals surface area contributed by atoms with Gasteiger partial charge < -0.3 is 0 Å². The van der Waals surface area contributed by atoms with Crippen LogP contribution in [0.5, 0.6) is 0 Å². The number of hydrogen-bond acceptors (Lipinski definition) is 0. The van der Waals surface area contributed by atoms with E-state index in [1.807, 2.05) is 0 Å². The van der Waals surface area contributed by atoms with Crippen molar-refractivity contribution in [3.05, 3.63) is 157 Å². The molecule has 0 saturated carbocycles. The maximum atomic E-state index is 2.33. The Kier molecular flexibility index (Phi) is 6.72. The summed E-state index contributed by atoms with van der Waals surface area (Å²) in [6.45, 7) is 6.73. The van der Waals surface area contributed by atoms with Gasteiger partial charge in [0, 0.05) is 0 Å². The van der Waals surface area contributed by atoms with Gasteiger partial charge in [0.05, 0.1) is 0 Å². The zero-order chi connectivity index (χ0) is 30.5. The van der Waals surface area contributed by atoms with Crippen LogP contribution in [-0.2, 0) is 0 Å². The molecule has 1 unspecified atom stereocenters. The molecule has 0 radical (unpaired) electrons. The molecule has 0 spiro atoms. The lowest BCUT2D eigenvalue weighted by molar-refractivity contribution is 0.734. The number of aryl methyl sites for hydroxylation is 1. The molecule has 0 amide bonds. The molecule has 0 nitrogen and oxygen atoms in total. The smallest absolute Gasteiger partial charge is 0.00139 e. The molecule has 216 valence electrons. The first-order chi connectivity index (χ1) is 22.1. The minimum atomic E-state index is 0.555. The molecule has 0 N–H and O–H groups in total. The van der Waals surface area contributed by atoms with Gasteiger partial charge in [-0.25, -0.2) is 0 Å². The molecular formula is C45H36. The van der Waals surface area contributed by atoms with E-state index in [1.54, 1.807) is 0 Å². The molecule has 8 aromatic rings. The Morgan fingerprint density at radius 2 is 0.667 bits per heavy atom. The largest absolute Gasteiger partial charge is 0.0648 e. The molecule has 0 bridgehead atoms. The summed E-state index contributed by atoms with van der Waals surface area (Å²) in [6, 6.07) is 54.3. The Hall–Kier alpha value is -5.20. The second-order valence-electron chi connectivity index (χ2n) is 12.5. The first kappa shape index (κ1) is 27.4. The minimum Gasteiger partial charge on any atom is -0.0648 e. The van der Waals surface area contributed by atoms with Crippen molar-refractivity contribution >= 4 is 43.1 Å². The third-order valence-corrected chi connectivity index (χ3v) is 9.83. The second-order valence-corrected chi connectivity index (χ2v) is 12.5. The van der Waals surface area contributed by atoms with E-state index >= 15 is 0 Å². The molecule has 1 atom stereocenters. The van der Waals surface area contributed by atoms with Crippen LogP contribution in [-0.4, -0.2) is 0 Å². The zero-order valence-corrected chi connectivity index (χ0v) is 26.1. The van der Waals surface area contributed by atoms with E-state index in [4.69, 9.17) is 0 Å². The monoisotopic (exact) mass is 576 g/mol. The first-order valence-corrected chi connectivity index (χ1v) is 16.2. The van der Waals surface area contributed by atoms with E-state index in [0.29, 0.717) is 5.92 Å². The summed E-state index contributed by atoms with van der Waals surface area (Å²) in [7, 11) is 0. The van der Waals surface area contributed by atoms with Gasteiger partial charge in [-0.05, 0) is 101 Å². The summed E-state index contributed by atoms with van der Waals surface area (Å²) in [5, 5.41) is 10.3. The lowest BCUT2D eigenvalue weighted by Crippen LogP contribution is -1.95. The van der Waals surface area contributed by atoms with Crippen molar-refractivity contribution in [1.82, 2.24) is 0 Å². The van der Waals surface area contributed by atoms with Crippen molar-refractivity contribution in [3.8, 4) is 33.4 Å². The average Bonchev–Trinajstić information content (AvgIpc) is 3.10. The van der Waals surface area contributed by atoms with Gasteiger partial charge in [0.1, 0.15) is 0 Å². The SMILES string of the molecule is CCC(C)c1ccc(-c2c3ccccc3c(-c3c4ccccc4c(-c4ccc(C)cc4)c4ccccc34)c3ccccc23)cc1. The summed E-state index contributed by atoms with van der Waals surface area (Å²) in [4.78, 5) is 0.